The van der Waals surface area contributed by atoms with Gasteiger partial charge in [-0.15, -0.1) is 0 Å². The Morgan fingerprint density at radius 3 is 2.74 bits per heavy atom. The van der Waals surface area contributed by atoms with Gasteiger partial charge in [0.1, 0.15) is 0 Å². The van der Waals surface area contributed by atoms with Crippen LogP contribution < -0.4 is 11.1 Å². The average Bonchev–Trinajstić information content (AvgIpc) is 2.38. The third-order valence-electron chi connectivity index (χ3n) is 4.67. The maximum atomic E-state index is 6.10. The summed E-state index contributed by atoms with van der Waals surface area (Å²) < 4.78 is 1.12. The van der Waals surface area contributed by atoms with Crippen LogP contribution in [0.25, 0.3) is 0 Å². The summed E-state index contributed by atoms with van der Waals surface area (Å²) in [7, 11) is 0. The smallest absolute Gasteiger partial charge is 0.0498 e. The summed E-state index contributed by atoms with van der Waals surface area (Å²) in [6.07, 6.45) is 3.58. The second kappa shape index (κ2) is 5.84. The predicted octanol–water partition coefficient (Wildman–Crippen LogP) is 4.32. The van der Waals surface area contributed by atoms with Crippen molar-refractivity contribution in [1.29, 1.82) is 0 Å². The highest BCUT2D eigenvalue weighted by atomic mass is 79.9. The molecule has 19 heavy (non-hydrogen) atoms. The lowest BCUT2D eigenvalue weighted by atomic mass is 9.71. The molecule has 3 atom stereocenters. The molecule has 3 heteroatoms. The van der Waals surface area contributed by atoms with Crippen LogP contribution >= 0.6 is 15.9 Å². The fourth-order valence-corrected chi connectivity index (χ4v) is 3.42. The molecule has 106 valence electrons. The predicted molar refractivity (Wildman–Crippen MR) is 86.5 cm³/mol. The Balaban J connectivity index is 2.21. The summed E-state index contributed by atoms with van der Waals surface area (Å²) >= 11 is 3.63. The number of benzene rings is 1. The number of nitrogens with two attached hydrogens (primary N) is 1. The molecule has 0 aromatic heterocycles. The Kier molecular flexibility index (Phi) is 4.57. The lowest BCUT2D eigenvalue weighted by Gasteiger charge is -2.43. The first-order valence-electron chi connectivity index (χ1n) is 7.20. The summed E-state index contributed by atoms with van der Waals surface area (Å²) in [5.41, 5.74) is 8.61. The van der Waals surface area contributed by atoms with Crippen molar-refractivity contribution in [3.05, 3.63) is 28.2 Å². The summed E-state index contributed by atoms with van der Waals surface area (Å²) in [6.45, 7) is 7.53. The van der Waals surface area contributed by atoms with Gasteiger partial charge in [-0.05, 0) is 71.6 Å². The number of rotatable bonds is 3. The number of nitrogens with one attached hydrogen (secondary N) is 1. The van der Waals surface area contributed by atoms with Crippen molar-refractivity contribution in [2.45, 2.75) is 45.6 Å². The fraction of sp³-hybridized carbons (Fsp3) is 0.625. The van der Waals surface area contributed by atoms with E-state index in [1.807, 2.05) is 0 Å². The fourth-order valence-electron chi connectivity index (χ4n) is 3.08. The summed E-state index contributed by atoms with van der Waals surface area (Å²) in [4.78, 5) is 0. The number of hydrogen-bond acceptors (Lipinski definition) is 2. The number of halogens is 1. The van der Waals surface area contributed by atoms with E-state index in [0.29, 0.717) is 6.54 Å². The van der Waals surface area contributed by atoms with Crippen molar-refractivity contribution in [1.82, 2.24) is 0 Å². The number of hydrogen-bond donors (Lipinski definition) is 2. The van der Waals surface area contributed by atoms with E-state index < -0.39 is 0 Å². The first kappa shape index (κ1) is 14.9. The van der Waals surface area contributed by atoms with Crippen LogP contribution in [0.15, 0.2) is 22.7 Å². The molecule has 0 aliphatic heterocycles. The highest BCUT2D eigenvalue weighted by molar-refractivity contribution is 9.10. The van der Waals surface area contributed by atoms with Crippen LogP contribution in [0, 0.1) is 18.8 Å². The van der Waals surface area contributed by atoms with Crippen molar-refractivity contribution < 1.29 is 0 Å². The van der Waals surface area contributed by atoms with Gasteiger partial charge in [0.25, 0.3) is 0 Å². The van der Waals surface area contributed by atoms with Gasteiger partial charge < -0.3 is 11.1 Å². The summed E-state index contributed by atoms with van der Waals surface area (Å²) in [6, 6.07) is 6.43. The SMILES string of the molecule is Cc1ccc(Br)c(NC2(CN)CCC(C)C(C)C2)c1. The van der Waals surface area contributed by atoms with Gasteiger partial charge >= 0.3 is 0 Å². The Labute approximate surface area is 125 Å². The van der Waals surface area contributed by atoms with Gasteiger partial charge in [0.15, 0.2) is 0 Å². The zero-order valence-electron chi connectivity index (χ0n) is 12.2. The van der Waals surface area contributed by atoms with Crippen molar-refractivity contribution in [3.63, 3.8) is 0 Å². The first-order valence-corrected chi connectivity index (χ1v) is 7.99. The van der Waals surface area contributed by atoms with Crippen LogP contribution in [0.4, 0.5) is 5.69 Å². The van der Waals surface area contributed by atoms with Crippen molar-refractivity contribution in [3.8, 4) is 0 Å². The molecule has 0 amide bonds. The summed E-state index contributed by atoms with van der Waals surface area (Å²) in [5.74, 6) is 1.54. The van der Waals surface area contributed by atoms with E-state index in [0.717, 1.165) is 29.2 Å². The zero-order valence-corrected chi connectivity index (χ0v) is 13.8. The molecule has 3 N–H and O–H groups in total. The van der Waals surface area contributed by atoms with E-state index >= 15 is 0 Å². The average molecular weight is 325 g/mol. The second-order valence-electron chi connectivity index (χ2n) is 6.29. The van der Waals surface area contributed by atoms with Crippen molar-refractivity contribution >= 4 is 21.6 Å². The molecular formula is C16H25BrN2. The van der Waals surface area contributed by atoms with Gasteiger partial charge in [-0.25, -0.2) is 0 Å². The maximum Gasteiger partial charge on any atom is 0.0498 e. The molecule has 1 fully saturated rings. The van der Waals surface area contributed by atoms with Crippen LogP contribution in [0.2, 0.25) is 0 Å². The Bertz CT molecular complexity index is 446. The molecule has 0 saturated heterocycles. The standard InChI is InChI=1S/C16H25BrN2/c1-11-4-5-14(17)15(8-11)19-16(10-18)7-6-12(2)13(3)9-16/h4-5,8,12-13,19H,6-7,9-10,18H2,1-3H3. The third kappa shape index (κ3) is 3.32. The molecular weight excluding hydrogens is 300 g/mol. The van der Waals surface area contributed by atoms with E-state index in [2.05, 4.69) is 60.2 Å². The molecule has 1 aromatic carbocycles. The van der Waals surface area contributed by atoms with Crippen LogP contribution in [-0.4, -0.2) is 12.1 Å². The normalized spacial score (nSPS) is 31.2. The highest BCUT2D eigenvalue weighted by Gasteiger charge is 2.36. The first-order chi connectivity index (χ1) is 8.96. The lowest BCUT2D eigenvalue weighted by molar-refractivity contribution is 0.196. The minimum absolute atomic E-state index is 0.0578. The number of aryl methyl sites for hydroxylation is 1. The van der Waals surface area contributed by atoms with Crippen molar-refractivity contribution in [2.24, 2.45) is 17.6 Å². The monoisotopic (exact) mass is 324 g/mol. The van der Waals surface area contributed by atoms with Gasteiger partial charge in [0.05, 0.1) is 0 Å². The van der Waals surface area contributed by atoms with E-state index in [1.165, 1.54) is 17.7 Å². The highest BCUT2D eigenvalue weighted by Crippen LogP contribution is 2.39. The van der Waals surface area contributed by atoms with Crippen LogP contribution in [0.1, 0.15) is 38.7 Å². The number of anilines is 1. The Morgan fingerprint density at radius 1 is 1.37 bits per heavy atom. The van der Waals surface area contributed by atoms with Gasteiger partial charge in [0, 0.05) is 22.2 Å². The van der Waals surface area contributed by atoms with Gasteiger partial charge in [-0.3, -0.25) is 0 Å². The molecule has 1 saturated carbocycles. The molecule has 3 unspecified atom stereocenters. The topological polar surface area (TPSA) is 38.0 Å². The van der Waals surface area contributed by atoms with E-state index in [-0.39, 0.29) is 5.54 Å². The molecule has 2 nitrogen and oxygen atoms in total. The molecule has 0 spiro atoms. The minimum atomic E-state index is 0.0578. The molecule has 0 radical (unpaired) electrons. The molecule has 0 bridgehead atoms. The Morgan fingerprint density at radius 2 is 2.11 bits per heavy atom. The molecule has 1 aliphatic carbocycles. The van der Waals surface area contributed by atoms with Gasteiger partial charge in [-0.1, -0.05) is 19.9 Å². The van der Waals surface area contributed by atoms with Gasteiger partial charge in [0.2, 0.25) is 0 Å². The largest absolute Gasteiger partial charge is 0.377 e. The zero-order chi connectivity index (χ0) is 14.0. The molecule has 2 rings (SSSR count). The van der Waals surface area contributed by atoms with Gasteiger partial charge in [-0.2, -0.15) is 0 Å². The second-order valence-corrected chi connectivity index (χ2v) is 7.14. The van der Waals surface area contributed by atoms with Crippen LogP contribution in [-0.2, 0) is 0 Å². The van der Waals surface area contributed by atoms with Crippen molar-refractivity contribution in [2.75, 3.05) is 11.9 Å². The van der Waals surface area contributed by atoms with Crippen LogP contribution in [0.5, 0.6) is 0 Å². The quantitative estimate of drug-likeness (QED) is 0.868. The summed E-state index contributed by atoms with van der Waals surface area (Å²) in [5, 5.41) is 3.73. The van der Waals surface area contributed by atoms with E-state index in [1.54, 1.807) is 0 Å². The Hall–Kier alpha value is -0.540. The lowest BCUT2D eigenvalue weighted by Crippen LogP contribution is -2.50. The van der Waals surface area contributed by atoms with Crippen LogP contribution in [0.3, 0.4) is 0 Å². The molecule has 1 aromatic rings. The van der Waals surface area contributed by atoms with E-state index in [9.17, 15) is 0 Å². The third-order valence-corrected chi connectivity index (χ3v) is 5.37. The minimum Gasteiger partial charge on any atom is -0.377 e. The van der Waals surface area contributed by atoms with E-state index in [4.69, 9.17) is 5.73 Å². The molecule has 0 heterocycles. The maximum absolute atomic E-state index is 6.10. The molecule has 1 aliphatic rings.